The van der Waals surface area contributed by atoms with Gasteiger partial charge in [0.1, 0.15) is 5.75 Å². The molecule has 0 atom stereocenters. The second-order valence-corrected chi connectivity index (χ2v) is 12.7. The Bertz CT molecular complexity index is 395. The zero-order chi connectivity index (χ0) is 13.4. The van der Waals surface area contributed by atoms with E-state index in [-0.39, 0.29) is 5.41 Å². The average Bonchev–Trinajstić information content (AvgIpc) is 2.07. The van der Waals surface area contributed by atoms with Crippen molar-refractivity contribution >= 4 is 46.8 Å². The lowest BCUT2D eigenvalue weighted by Crippen LogP contribution is -2.30. The Kier molecular flexibility index (Phi) is 4.75. The molecule has 0 bridgehead atoms. The van der Waals surface area contributed by atoms with Crippen LogP contribution in [0.15, 0.2) is 16.6 Å². The normalized spacial score (nSPS) is 12.7. The maximum Gasteiger partial charge on any atom is 0.242 e. The molecule has 1 aromatic carbocycles. The predicted molar refractivity (Wildman–Crippen MR) is 89.5 cm³/mol. The highest BCUT2D eigenvalue weighted by Gasteiger charge is 2.22. The van der Waals surface area contributed by atoms with Gasteiger partial charge in [0.15, 0.2) is 0 Å². The van der Waals surface area contributed by atoms with Crippen molar-refractivity contribution in [2.75, 3.05) is 0 Å². The van der Waals surface area contributed by atoms with Crippen molar-refractivity contribution in [3.63, 3.8) is 0 Å². The van der Waals surface area contributed by atoms with E-state index in [4.69, 9.17) is 4.43 Å². The van der Waals surface area contributed by atoms with Crippen LogP contribution in [0.5, 0.6) is 5.75 Å². The van der Waals surface area contributed by atoms with Crippen molar-refractivity contribution in [1.29, 1.82) is 0 Å². The third kappa shape index (κ3) is 4.56. The van der Waals surface area contributed by atoms with Crippen LogP contribution in [0, 0.1) is 3.57 Å². The lowest BCUT2D eigenvalue weighted by molar-refractivity contribution is 0.545. The molecule has 1 nitrogen and oxygen atoms in total. The number of halogens is 2. The van der Waals surface area contributed by atoms with Gasteiger partial charge in [0, 0.05) is 0 Å². The SMILES string of the molecule is CC(C)(C)c1cc(Br)c(O[Si](C)(C)C)c(I)c1. The number of rotatable bonds is 2. The van der Waals surface area contributed by atoms with E-state index in [2.05, 4.69) is 91.1 Å². The third-order valence-corrected chi connectivity index (χ3v) is 4.48. The molecule has 4 heteroatoms. The molecule has 0 N–H and O–H groups in total. The van der Waals surface area contributed by atoms with E-state index in [1.807, 2.05) is 0 Å². The fourth-order valence-corrected chi connectivity index (χ4v) is 4.23. The average molecular weight is 427 g/mol. The van der Waals surface area contributed by atoms with Crippen LogP contribution in [0.3, 0.4) is 0 Å². The van der Waals surface area contributed by atoms with Crippen LogP contribution < -0.4 is 4.43 Å². The molecule has 0 saturated carbocycles. The number of hydrogen-bond acceptors (Lipinski definition) is 1. The van der Waals surface area contributed by atoms with E-state index in [0.29, 0.717) is 0 Å². The maximum absolute atomic E-state index is 6.12. The van der Waals surface area contributed by atoms with Crippen molar-refractivity contribution in [1.82, 2.24) is 0 Å². The lowest BCUT2D eigenvalue weighted by Gasteiger charge is -2.25. The van der Waals surface area contributed by atoms with Gasteiger partial charge in [-0.25, -0.2) is 0 Å². The molecule has 1 rings (SSSR count). The maximum atomic E-state index is 6.12. The molecule has 0 amide bonds. The Morgan fingerprint density at radius 2 is 1.71 bits per heavy atom. The lowest BCUT2D eigenvalue weighted by atomic mass is 9.87. The van der Waals surface area contributed by atoms with Gasteiger partial charge in [0.25, 0.3) is 0 Å². The fraction of sp³-hybridized carbons (Fsp3) is 0.538. The summed E-state index contributed by atoms with van der Waals surface area (Å²) in [5.41, 5.74) is 1.50. The summed E-state index contributed by atoms with van der Waals surface area (Å²) >= 11 is 5.99. The number of hydrogen-bond donors (Lipinski definition) is 0. The van der Waals surface area contributed by atoms with E-state index in [1.54, 1.807) is 0 Å². The summed E-state index contributed by atoms with van der Waals surface area (Å²) in [6.45, 7) is 13.3. The molecule has 96 valence electrons. The zero-order valence-corrected chi connectivity index (χ0v) is 16.1. The first kappa shape index (κ1) is 15.5. The van der Waals surface area contributed by atoms with Crippen molar-refractivity contribution < 1.29 is 4.43 Å². The molecule has 0 heterocycles. The summed E-state index contributed by atoms with van der Waals surface area (Å²) in [5, 5.41) is 0. The van der Waals surface area contributed by atoms with Gasteiger partial charge in [-0.3, -0.25) is 0 Å². The molecule has 0 aromatic heterocycles. The molecule has 0 fully saturated rings. The predicted octanol–water partition coefficient (Wildman–Crippen LogP) is 5.56. The van der Waals surface area contributed by atoms with Crippen molar-refractivity contribution in [3.05, 3.63) is 25.7 Å². The van der Waals surface area contributed by atoms with Crippen LogP contribution in [0.2, 0.25) is 19.6 Å². The fourth-order valence-electron chi connectivity index (χ4n) is 1.40. The van der Waals surface area contributed by atoms with Gasteiger partial charge in [-0.1, -0.05) is 20.8 Å². The summed E-state index contributed by atoms with van der Waals surface area (Å²) in [6.07, 6.45) is 0. The van der Waals surface area contributed by atoms with E-state index >= 15 is 0 Å². The van der Waals surface area contributed by atoms with E-state index < -0.39 is 8.32 Å². The third-order valence-electron chi connectivity index (χ3n) is 2.27. The monoisotopic (exact) mass is 426 g/mol. The van der Waals surface area contributed by atoms with Crippen LogP contribution in [-0.4, -0.2) is 8.32 Å². The quantitative estimate of drug-likeness (QED) is 0.444. The summed E-state index contributed by atoms with van der Waals surface area (Å²) in [7, 11) is -1.56. The standard InChI is InChI=1S/C13H20BrIOSi/c1-13(2,3)9-7-10(14)12(11(15)8-9)16-17(4,5)6/h7-8H,1-6H3. The largest absolute Gasteiger partial charge is 0.543 e. The van der Waals surface area contributed by atoms with Crippen LogP contribution in [0.25, 0.3) is 0 Å². The van der Waals surface area contributed by atoms with E-state index in [9.17, 15) is 0 Å². The van der Waals surface area contributed by atoms with Crippen molar-refractivity contribution in [3.8, 4) is 5.75 Å². The molecular weight excluding hydrogens is 407 g/mol. The van der Waals surface area contributed by atoms with Gasteiger partial charge in [-0.15, -0.1) is 0 Å². The zero-order valence-electron chi connectivity index (χ0n) is 11.3. The molecule has 1 aromatic rings. The smallest absolute Gasteiger partial charge is 0.242 e. The minimum Gasteiger partial charge on any atom is -0.543 e. The Balaban J connectivity index is 3.20. The van der Waals surface area contributed by atoms with Gasteiger partial charge >= 0.3 is 0 Å². The van der Waals surface area contributed by atoms with Gasteiger partial charge < -0.3 is 4.43 Å². The highest BCUT2D eigenvalue weighted by Crippen LogP contribution is 2.37. The Morgan fingerprint density at radius 1 is 1.18 bits per heavy atom. The van der Waals surface area contributed by atoms with Crippen LogP contribution in [-0.2, 0) is 5.41 Å². The van der Waals surface area contributed by atoms with Crippen molar-refractivity contribution in [2.24, 2.45) is 0 Å². The summed E-state index contributed by atoms with van der Waals surface area (Å²) in [5.74, 6) is 0.998. The summed E-state index contributed by atoms with van der Waals surface area (Å²) in [6, 6.07) is 4.40. The Morgan fingerprint density at radius 3 is 2.06 bits per heavy atom. The van der Waals surface area contributed by atoms with E-state index in [1.165, 1.54) is 9.13 Å². The molecule has 0 aliphatic heterocycles. The molecule has 0 spiro atoms. The Labute approximate surface area is 128 Å². The van der Waals surface area contributed by atoms with Gasteiger partial charge in [0.2, 0.25) is 8.32 Å². The highest BCUT2D eigenvalue weighted by molar-refractivity contribution is 14.1. The van der Waals surface area contributed by atoms with Gasteiger partial charge in [-0.05, 0) is 81.3 Å². The molecule has 0 saturated heterocycles. The number of benzene rings is 1. The van der Waals surface area contributed by atoms with Gasteiger partial charge in [-0.2, -0.15) is 0 Å². The second kappa shape index (κ2) is 5.21. The summed E-state index contributed by atoms with van der Waals surface area (Å²) < 4.78 is 8.37. The molecule has 0 aliphatic rings. The first-order valence-corrected chi connectivity index (χ1v) is 11.0. The topological polar surface area (TPSA) is 9.23 Å². The molecular formula is C13H20BrIOSi. The van der Waals surface area contributed by atoms with Crippen LogP contribution in [0.1, 0.15) is 26.3 Å². The van der Waals surface area contributed by atoms with Crippen LogP contribution >= 0.6 is 38.5 Å². The first-order valence-electron chi connectivity index (χ1n) is 5.69. The molecule has 0 unspecified atom stereocenters. The van der Waals surface area contributed by atoms with Crippen molar-refractivity contribution in [2.45, 2.75) is 45.8 Å². The minimum atomic E-state index is -1.56. The van der Waals surface area contributed by atoms with Crippen LogP contribution in [0.4, 0.5) is 0 Å². The molecule has 0 aliphatic carbocycles. The van der Waals surface area contributed by atoms with Gasteiger partial charge in [0.05, 0.1) is 8.04 Å². The summed E-state index contributed by atoms with van der Waals surface area (Å²) in [4.78, 5) is 0. The highest BCUT2D eigenvalue weighted by atomic mass is 127. The molecule has 0 radical (unpaired) electrons. The second-order valence-electron chi connectivity index (χ2n) is 6.23. The minimum absolute atomic E-state index is 0.167. The first-order chi connectivity index (χ1) is 7.50. The van der Waals surface area contributed by atoms with E-state index in [0.717, 1.165) is 10.2 Å². The molecule has 17 heavy (non-hydrogen) atoms. The Hall–Kier alpha value is 0.447.